The van der Waals surface area contributed by atoms with E-state index < -0.39 is 0 Å². The number of nitrogens with zero attached hydrogens (tertiary/aromatic N) is 4. The third-order valence-corrected chi connectivity index (χ3v) is 6.34. The van der Waals surface area contributed by atoms with Gasteiger partial charge in [-0.25, -0.2) is 4.98 Å². The third kappa shape index (κ3) is 4.11. The van der Waals surface area contributed by atoms with E-state index in [1.807, 2.05) is 36.8 Å². The van der Waals surface area contributed by atoms with Crippen LogP contribution in [0.1, 0.15) is 12.5 Å². The molecule has 0 radical (unpaired) electrons. The minimum Gasteiger partial charge on any atom is -0.317 e. The fourth-order valence-electron chi connectivity index (χ4n) is 4.67. The Hall–Kier alpha value is -4.57. The monoisotopic (exact) mass is 452 g/mol. The predicted molar refractivity (Wildman–Crippen MR) is 143 cm³/mol. The molecule has 0 aliphatic heterocycles. The van der Waals surface area contributed by atoms with Crippen LogP contribution in [0.25, 0.3) is 44.7 Å². The average Bonchev–Trinajstić information content (AvgIpc) is 3.29. The molecule has 6 rings (SSSR count). The van der Waals surface area contributed by atoms with E-state index >= 15 is 0 Å². The summed E-state index contributed by atoms with van der Waals surface area (Å²) in [4.78, 5) is 13.9. The zero-order valence-electron chi connectivity index (χ0n) is 19.2. The molecular formula is C31H24N4. The Morgan fingerprint density at radius 2 is 1.49 bits per heavy atom. The first kappa shape index (κ1) is 21.0. The Balaban J connectivity index is 1.60. The second-order valence-electron chi connectivity index (χ2n) is 8.54. The van der Waals surface area contributed by atoms with Crippen molar-refractivity contribution >= 4 is 11.0 Å². The number of allylic oxidation sites excluding steroid dienone is 6. The molecule has 4 heteroatoms. The Morgan fingerprint density at radius 1 is 0.686 bits per heavy atom. The molecule has 0 amide bonds. The Bertz CT molecular complexity index is 1560. The van der Waals surface area contributed by atoms with Gasteiger partial charge >= 0.3 is 0 Å². The number of hydrogen-bond acceptors (Lipinski definition) is 3. The quantitative estimate of drug-likeness (QED) is 0.285. The summed E-state index contributed by atoms with van der Waals surface area (Å²) in [6.07, 6.45) is 21.2. The molecule has 2 aromatic carbocycles. The molecule has 1 aliphatic rings. The molecular weight excluding hydrogens is 428 g/mol. The fraction of sp³-hybridized carbons (Fsp3) is 0.0645. The molecule has 4 nitrogen and oxygen atoms in total. The standard InChI is InChI=1S/C31H24N4/c1-2-4-12-26(13-5-3-1)35-30-15-7-6-14-29(30)34-31(35)27-17-16-23(24-10-8-18-32-21-24)20-28(27)25-11-9-19-33-22-25/h1-12,14-22,26H,13H2/b2-1-,5-3+,12-4-. The maximum absolute atomic E-state index is 5.15. The molecule has 0 N–H and O–H groups in total. The summed E-state index contributed by atoms with van der Waals surface area (Å²) in [5, 5.41) is 0. The van der Waals surface area contributed by atoms with Gasteiger partial charge in [-0.15, -0.1) is 0 Å². The van der Waals surface area contributed by atoms with Gasteiger partial charge < -0.3 is 4.57 Å². The first-order chi connectivity index (χ1) is 17.4. The Kier molecular flexibility index (Phi) is 5.61. The van der Waals surface area contributed by atoms with Crippen molar-refractivity contribution in [1.82, 2.24) is 19.5 Å². The molecule has 168 valence electrons. The summed E-state index contributed by atoms with van der Waals surface area (Å²) in [7, 11) is 0. The van der Waals surface area contributed by atoms with Crippen LogP contribution in [0.3, 0.4) is 0 Å². The highest BCUT2D eigenvalue weighted by atomic mass is 15.1. The number of fused-ring (bicyclic) bond motifs is 1. The van der Waals surface area contributed by atoms with Gasteiger partial charge in [0.1, 0.15) is 5.82 Å². The molecule has 0 saturated heterocycles. The number of para-hydroxylation sites is 2. The number of aromatic nitrogens is 4. The molecule has 0 fully saturated rings. The fourth-order valence-corrected chi connectivity index (χ4v) is 4.67. The highest BCUT2D eigenvalue weighted by Crippen LogP contribution is 2.38. The van der Waals surface area contributed by atoms with Crippen molar-refractivity contribution in [3.05, 3.63) is 128 Å². The summed E-state index contributed by atoms with van der Waals surface area (Å²) >= 11 is 0. The maximum atomic E-state index is 5.15. The van der Waals surface area contributed by atoms with Crippen LogP contribution in [0, 0.1) is 0 Å². The van der Waals surface area contributed by atoms with Gasteiger partial charge in [0.2, 0.25) is 0 Å². The SMILES string of the molecule is C1=C\C=C\CC(n2c(-c3ccc(-c4cccnc4)cc3-c3cccnc3)nc3ccccc32)\C=C/1. The molecule has 5 aromatic rings. The van der Waals surface area contributed by atoms with Crippen LogP contribution < -0.4 is 0 Å². The normalized spacial score (nSPS) is 18.0. The first-order valence-corrected chi connectivity index (χ1v) is 11.8. The third-order valence-electron chi connectivity index (χ3n) is 6.34. The largest absolute Gasteiger partial charge is 0.317 e. The van der Waals surface area contributed by atoms with Crippen LogP contribution in [-0.2, 0) is 0 Å². The molecule has 1 atom stereocenters. The number of rotatable bonds is 4. The zero-order valence-corrected chi connectivity index (χ0v) is 19.2. The van der Waals surface area contributed by atoms with Crippen molar-refractivity contribution in [1.29, 1.82) is 0 Å². The minimum atomic E-state index is 0.151. The summed E-state index contributed by atoms with van der Waals surface area (Å²) in [5.41, 5.74) is 7.55. The smallest absolute Gasteiger partial charge is 0.142 e. The second-order valence-corrected chi connectivity index (χ2v) is 8.54. The maximum Gasteiger partial charge on any atom is 0.142 e. The molecule has 0 saturated carbocycles. The van der Waals surface area contributed by atoms with Crippen LogP contribution >= 0.6 is 0 Å². The van der Waals surface area contributed by atoms with Crippen molar-refractivity contribution in [2.45, 2.75) is 12.5 Å². The molecule has 35 heavy (non-hydrogen) atoms. The molecule has 3 aromatic heterocycles. The van der Waals surface area contributed by atoms with Crippen molar-refractivity contribution in [3.8, 4) is 33.6 Å². The summed E-state index contributed by atoms with van der Waals surface area (Å²) in [6, 6.07) is 23.2. The summed E-state index contributed by atoms with van der Waals surface area (Å²) in [6.45, 7) is 0. The lowest BCUT2D eigenvalue weighted by Crippen LogP contribution is -2.08. The highest BCUT2D eigenvalue weighted by Gasteiger charge is 2.21. The van der Waals surface area contributed by atoms with Crippen molar-refractivity contribution in [2.24, 2.45) is 0 Å². The van der Waals surface area contributed by atoms with Crippen LogP contribution in [0.5, 0.6) is 0 Å². The number of benzene rings is 2. The van der Waals surface area contributed by atoms with E-state index in [9.17, 15) is 0 Å². The minimum absolute atomic E-state index is 0.151. The van der Waals surface area contributed by atoms with Crippen LogP contribution in [-0.4, -0.2) is 19.5 Å². The lowest BCUT2D eigenvalue weighted by atomic mass is 9.95. The highest BCUT2D eigenvalue weighted by molar-refractivity contribution is 5.89. The zero-order chi connectivity index (χ0) is 23.5. The van der Waals surface area contributed by atoms with Gasteiger partial charge in [-0.05, 0) is 47.9 Å². The van der Waals surface area contributed by atoms with E-state index in [4.69, 9.17) is 4.98 Å². The lowest BCUT2D eigenvalue weighted by molar-refractivity contribution is 0.635. The number of hydrogen-bond donors (Lipinski definition) is 0. The van der Waals surface area contributed by atoms with E-state index in [0.717, 1.165) is 51.1 Å². The van der Waals surface area contributed by atoms with Crippen molar-refractivity contribution < 1.29 is 0 Å². The van der Waals surface area contributed by atoms with Crippen LogP contribution in [0.2, 0.25) is 0 Å². The van der Waals surface area contributed by atoms with Crippen molar-refractivity contribution in [3.63, 3.8) is 0 Å². The predicted octanol–water partition coefficient (Wildman–Crippen LogP) is 7.44. The lowest BCUT2D eigenvalue weighted by Gasteiger charge is -2.20. The van der Waals surface area contributed by atoms with Gasteiger partial charge in [-0.2, -0.15) is 0 Å². The van der Waals surface area contributed by atoms with Crippen LogP contribution in [0.4, 0.5) is 0 Å². The first-order valence-electron chi connectivity index (χ1n) is 11.8. The molecule has 3 heterocycles. The number of pyridine rings is 2. The number of imidazole rings is 1. The van der Waals surface area contributed by atoms with Crippen LogP contribution in [0.15, 0.2) is 128 Å². The average molecular weight is 453 g/mol. The molecule has 1 aliphatic carbocycles. The van der Waals surface area contributed by atoms with E-state index in [-0.39, 0.29) is 6.04 Å². The van der Waals surface area contributed by atoms with E-state index in [2.05, 4.69) is 99.5 Å². The van der Waals surface area contributed by atoms with Gasteiger partial charge in [0.15, 0.2) is 0 Å². The van der Waals surface area contributed by atoms with Gasteiger partial charge in [-0.1, -0.05) is 72.9 Å². The molecule has 0 bridgehead atoms. The Labute approximate surface area is 204 Å². The summed E-state index contributed by atoms with van der Waals surface area (Å²) < 4.78 is 2.37. The van der Waals surface area contributed by atoms with E-state index in [1.54, 1.807) is 6.20 Å². The van der Waals surface area contributed by atoms with E-state index in [1.165, 1.54) is 0 Å². The summed E-state index contributed by atoms with van der Waals surface area (Å²) in [5.74, 6) is 0.954. The molecule has 0 spiro atoms. The van der Waals surface area contributed by atoms with Crippen molar-refractivity contribution in [2.75, 3.05) is 0 Å². The molecule has 1 unspecified atom stereocenters. The second kappa shape index (κ2) is 9.35. The van der Waals surface area contributed by atoms with Gasteiger partial charge in [-0.3, -0.25) is 9.97 Å². The topological polar surface area (TPSA) is 43.6 Å². The van der Waals surface area contributed by atoms with Gasteiger partial charge in [0.05, 0.1) is 17.1 Å². The van der Waals surface area contributed by atoms with Gasteiger partial charge in [0, 0.05) is 41.5 Å². The van der Waals surface area contributed by atoms with E-state index in [0.29, 0.717) is 0 Å². The Morgan fingerprint density at radius 3 is 2.31 bits per heavy atom. The van der Waals surface area contributed by atoms with Gasteiger partial charge in [0.25, 0.3) is 0 Å².